The van der Waals surface area contributed by atoms with Crippen LogP contribution in [0.2, 0.25) is 0 Å². The molecule has 0 atom stereocenters. The molecular weight excluding hydrogens is 329 g/mol. The molecule has 0 aliphatic rings. The van der Waals surface area contributed by atoms with E-state index < -0.39 is 11.8 Å². The SMILES string of the molecule is O=C(CCc1nc2ccccc2s1)OCC(=O)c1ccc(F)cc1. The van der Waals surface area contributed by atoms with Gasteiger partial charge in [0, 0.05) is 12.0 Å². The average molecular weight is 343 g/mol. The van der Waals surface area contributed by atoms with Gasteiger partial charge in [0.05, 0.1) is 21.6 Å². The maximum absolute atomic E-state index is 12.8. The Morgan fingerprint density at radius 2 is 1.83 bits per heavy atom. The standard InChI is InChI=1S/C18H14FNO3S/c19-13-7-5-12(6-8-13)15(21)11-23-18(22)10-9-17-20-14-3-1-2-4-16(14)24-17/h1-8H,9-11H2. The molecular formula is C18H14FNO3S. The topological polar surface area (TPSA) is 56.3 Å². The second kappa shape index (κ2) is 7.31. The second-order valence-electron chi connectivity index (χ2n) is 5.17. The van der Waals surface area contributed by atoms with Gasteiger partial charge in [-0.25, -0.2) is 9.37 Å². The third-order valence-corrected chi connectivity index (χ3v) is 4.51. The van der Waals surface area contributed by atoms with Crippen molar-refractivity contribution in [2.75, 3.05) is 6.61 Å². The van der Waals surface area contributed by atoms with Crippen LogP contribution in [0.3, 0.4) is 0 Å². The van der Waals surface area contributed by atoms with Gasteiger partial charge in [0.25, 0.3) is 0 Å². The van der Waals surface area contributed by atoms with Gasteiger partial charge in [0.15, 0.2) is 12.4 Å². The first-order chi connectivity index (χ1) is 11.6. The summed E-state index contributed by atoms with van der Waals surface area (Å²) >= 11 is 1.54. The first-order valence-electron chi connectivity index (χ1n) is 7.40. The Morgan fingerprint density at radius 3 is 2.58 bits per heavy atom. The van der Waals surface area contributed by atoms with E-state index in [0.29, 0.717) is 12.0 Å². The molecule has 0 bridgehead atoms. The molecule has 0 fully saturated rings. The number of esters is 1. The minimum atomic E-state index is -0.454. The van der Waals surface area contributed by atoms with Gasteiger partial charge in [-0.2, -0.15) is 0 Å². The van der Waals surface area contributed by atoms with Gasteiger partial charge in [-0.05, 0) is 36.4 Å². The average Bonchev–Trinajstić information content (AvgIpc) is 3.01. The highest BCUT2D eigenvalue weighted by Gasteiger charge is 2.11. The molecule has 0 spiro atoms. The molecule has 3 rings (SSSR count). The van der Waals surface area contributed by atoms with Gasteiger partial charge in [-0.15, -0.1) is 11.3 Å². The normalized spacial score (nSPS) is 10.7. The highest BCUT2D eigenvalue weighted by atomic mass is 32.1. The maximum atomic E-state index is 12.8. The van der Waals surface area contributed by atoms with Gasteiger partial charge in [0.2, 0.25) is 0 Å². The highest BCUT2D eigenvalue weighted by molar-refractivity contribution is 7.18. The Kier molecular flexibility index (Phi) is 4.96. The van der Waals surface area contributed by atoms with E-state index in [1.807, 2.05) is 24.3 Å². The summed E-state index contributed by atoms with van der Waals surface area (Å²) in [6, 6.07) is 12.9. The number of hydrogen-bond acceptors (Lipinski definition) is 5. The van der Waals surface area contributed by atoms with E-state index in [4.69, 9.17) is 4.74 Å². The zero-order chi connectivity index (χ0) is 16.9. The number of carbonyl (C=O) groups excluding carboxylic acids is 2. The highest BCUT2D eigenvalue weighted by Crippen LogP contribution is 2.22. The molecule has 0 aliphatic heterocycles. The number of nitrogens with zero attached hydrogens (tertiary/aromatic N) is 1. The van der Waals surface area contributed by atoms with Gasteiger partial charge in [-0.1, -0.05) is 12.1 Å². The van der Waals surface area contributed by atoms with Crippen LogP contribution in [0.25, 0.3) is 10.2 Å². The molecule has 24 heavy (non-hydrogen) atoms. The first kappa shape index (κ1) is 16.3. The van der Waals surface area contributed by atoms with E-state index in [9.17, 15) is 14.0 Å². The third-order valence-electron chi connectivity index (χ3n) is 3.41. The molecule has 0 saturated heterocycles. The predicted molar refractivity (Wildman–Crippen MR) is 89.6 cm³/mol. The monoisotopic (exact) mass is 343 g/mol. The van der Waals surface area contributed by atoms with E-state index >= 15 is 0 Å². The number of aryl methyl sites for hydroxylation is 1. The lowest BCUT2D eigenvalue weighted by Crippen LogP contribution is -2.14. The fraction of sp³-hybridized carbons (Fsp3) is 0.167. The van der Waals surface area contributed by atoms with Crippen molar-refractivity contribution >= 4 is 33.3 Å². The lowest BCUT2D eigenvalue weighted by molar-refractivity contribution is -0.142. The fourth-order valence-corrected chi connectivity index (χ4v) is 3.14. The van der Waals surface area contributed by atoms with Gasteiger partial charge in [0.1, 0.15) is 5.82 Å². The number of para-hydroxylation sites is 1. The summed E-state index contributed by atoms with van der Waals surface area (Å²) in [6.07, 6.45) is 0.638. The maximum Gasteiger partial charge on any atom is 0.306 e. The number of rotatable bonds is 6. The number of ketones is 1. The summed E-state index contributed by atoms with van der Waals surface area (Å²) in [4.78, 5) is 28.1. The fourth-order valence-electron chi connectivity index (χ4n) is 2.17. The summed E-state index contributed by atoms with van der Waals surface area (Å²) in [5, 5.41) is 0.859. The van der Waals surface area contributed by atoms with Crippen molar-refractivity contribution in [3.05, 3.63) is 64.9 Å². The molecule has 4 nitrogen and oxygen atoms in total. The van der Waals surface area contributed by atoms with Crippen molar-refractivity contribution in [1.29, 1.82) is 0 Å². The molecule has 0 N–H and O–H groups in total. The molecule has 3 aromatic rings. The van der Waals surface area contributed by atoms with Crippen molar-refractivity contribution in [3.8, 4) is 0 Å². The van der Waals surface area contributed by atoms with Gasteiger partial charge in [-0.3, -0.25) is 9.59 Å². The lowest BCUT2D eigenvalue weighted by Gasteiger charge is -2.03. The Hall–Kier alpha value is -2.60. The summed E-state index contributed by atoms with van der Waals surface area (Å²) in [5.41, 5.74) is 1.23. The largest absolute Gasteiger partial charge is 0.457 e. The van der Waals surface area contributed by atoms with Gasteiger partial charge < -0.3 is 4.74 Å². The number of halogens is 1. The van der Waals surface area contributed by atoms with Crippen molar-refractivity contribution < 1.29 is 18.7 Å². The Bertz CT molecular complexity index is 840. The van der Waals surface area contributed by atoms with Crippen molar-refractivity contribution in [1.82, 2.24) is 4.98 Å². The minimum Gasteiger partial charge on any atom is -0.457 e. The number of hydrogen-bond donors (Lipinski definition) is 0. The molecule has 122 valence electrons. The van der Waals surface area contributed by atoms with E-state index in [1.165, 1.54) is 24.3 Å². The number of fused-ring (bicyclic) bond motifs is 1. The van der Waals surface area contributed by atoms with E-state index in [0.717, 1.165) is 15.2 Å². The van der Waals surface area contributed by atoms with Crippen LogP contribution < -0.4 is 0 Å². The van der Waals surface area contributed by atoms with Crippen LogP contribution in [-0.4, -0.2) is 23.3 Å². The summed E-state index contributed by atoms with van der Waals surface area (Å²) in [7, 11) is 0. The van der Waals surface area contributed by atoms with E-state index in [1.54, 1.807) is 11.3 Å². The summed E-state index contributed by atoms with van der Waals surface area (Å²) in [6.45, 7) is -0.343. The van der Waals surface area contributed by atoms with Crippen LogP contribution in [-0.2, 0) is 16.0 Å². The Morgan fingerprint density at radius 1 is 1.08 bits per heavy atom. The number of benzene rings is 2. The van der Waals surface area contributed by atoms with Crippen LogP contribution in [0.4, 0.5) is 4.39 Å². The molecule has 1 aromatic heterocycles. The van der Waals surface area contributed by atoms with Crippen molar-refractivity contribution in [3.63, 3.8) is 0 Å². The minimum absolute atomic E-state index is 0.163. The molecule has 0 aliphatic carbocycles. The van der Waals surface area contributed by atoms with Crippen LogP contribution in [0, 0.1) is 5.82 Å². The van der Waals surface area contributed by atoms with E-state index in [-0.39, 0.29) is 18.8 Å². The first-order valence-corrected chi connectivity index (χ1v) is 8.22. The van der Waals surface area contributed by atoms with Crippen molar-refractivity contribution in [2.24, 2.45) is 0 Å². The zero-order valence-corrected chi connectivity index (χ0v) is 13.5. The zero-order valence-electron chi connectivity index (χ0n) is 12.7. The number of aromatic nitrogens is 1. The van der Waals surface area contributed by atoms with Crippen LogP contribution in [0.15, 0.2) is 48.5 Å². The van der Waals surface area contributed by atoms with Crippen LogP contribution in [0.5, 0.6) is 0 Å². The number of Topliss-reactive ketones (excluding diaryl/α,β-unsaturated/α-hetero) is 1. The predicted octanol–water partition coefficient (Wildman–Crippen LogP) is 3.79. The molecule has 6 heteroatoms. The lowest BCUT2D eigenvalue weighted by atomic mass is 10.1. The molecule has 1 heterocycles. The quantitative estimate of drug-likeness (QED) is 0.505. The number of ether oxygens (including phenoxy) is 1. The number of carbonyl (C=O) groups is 2. The summed E-state index contributed by atoms with van der Waals surface area (Å²) < 4.78 is 18.9. The summed E-state index contributed by atoms with van der Waals surface area (Å²) in [5.74, 6) is -1.23. The van der Waals surface area contributed by atoms with Crippen molar-refractivity contribution in [2.45, 2.75) is 12.8 Å². The molecule has 2 aromatic carbocycles. The van der Waals surface area contributed by atoms with Crippen LogP contribution >= 0.6 is 11.3 Å². The molecule has 0 saturated carbocycles. The van der Waals surface area contributed by atoms with Gasteiger partial charge >= 0.3 is 5.97 Å². The van der Waals surface area contributed by atoms with E-state index in [2.05, 4.69) is 4.98 Å². The Labute approximate surface area is 141 Å². The smallest absolute Gasteiger partial charge is 0.306 e. The van der Waals surface area contributed by atoms with Crippen LogP contribution in [0.1, 0.15) is 21.8 Å². The molecule has 0 unspecified atom stereocenters. The molecule has 0 radical (unpaired) electrons. The Balaban J connectivity index is 1.48. The third kappa shape index (κ3) is 4.02. The molecule has 0 amide bonds. The number of thiazole rings is 1. The second-order valence-corrected chi connectivity index (χ2v) is 6.28.